The Morgan fingerprint density at radius 2 is 1.76 bits per heavy atom. The van der Waals surface area contributed by atoms with Gasteiger partial charge in [0.1, 0.15) is 5.69 Å². The number of carbonyl (C=O) groups excluding carboxylic acids is 1. The number of carbonyl (C=O) groups is 1. The maximum absolute atomic E-state index is 12.3. The van der Waals surface area contributed by atoms with Crippen LogP contribution in [0.25, 0.3) is 0 Å². The molecule has 1 aromatic carbocycles. The summed E-state index contributed by atoms with van der Waals surface area (Å²) in [6.07, 6.45) is 5.08. The van der Waals surface area contributed by atoms with Crippen molar-refractivity contribution in [3.8, 4) is 0 Å². The second-order valence-corrected chi connectivity index (χ2v) is 5.78. The molecule has 0 atom stereocenters. The Morgan fingerprint density at radius 1 is 1.00 bits per heavy atom. The number of benzene rings is 1. The van der Waals surface area contributed by atoms with Crippen LogP contribution in [-0.2, 0) is 13.1 Å². The molecule has 0 radical (unpaired) electrons. The van der Waals surface area contributed by atoms with Crippen LogP contribution in [0.15, 0.2) is 73.2 Å². The van der Waals surface area contributed by atoms with Gasteiger partial charge >= 0.3 is 0 Å². The molecule has 1 N–H and O–H groups in total. The minimum Gasteiger partial charge on any atom is -0.370 e. The summed E-state index contributed by atoms with van der Waals surface area (Å²) in [7, 11) is 2.00. The molecule has 0 fully saturated rings. The third kappa shape index (κ3) is 4.64. The third-order valence-corrected chi connectivity index (χ3v) is 3.88. The molecular weight excluding hydrogens is 312 g/mol. The van der Waals surface area contributed by atoms with Crippen LogP contribution in [0.1, 0.15) is 21.6 Å². The molecule has 0 bridgehead atoms. The van der Waals surface area contributed by atoms with Crippen molar-refractivity contribution in [1.82, 2.24) is 15.3 Å². The maximum Gasteiger partial charge on any atom is 0.270 e. The number of aromatic nitrogens is 2. The molecule has 0 aliphatic rings. The first kappa shape index (κ1) is 16.6. The van der Waals surface area contributed by atoms with Gasteiger partial charge in [0.2, 0.25) is 0 Å². The Kier molecular flexibility index (Phi) is 5.36. The van der Waals surface area contributed by atoms with Crippen LogP contribution in [0.2, 0.25) is 0 Å². The van der Waals surface area contributed by atoms with E-state index in [1.807, 2.05) is 49.5 Å². The first-order valence-corrected chi connectivity index (χ1v) is 8.10. The number of anilines is 1. The topological polar surface area (TPSA) is 58.1 Å². The summed E-state index contributed by atoms with van der Waals surface area (Å²) in [6, 6.07) is 17.7. The van der Waals surface area contributed by atoms with Crippen molar-refractivity contribution in [3.05, 3.63) is 90.0 Å². The Balaban J connectivity index is 1.65. The lowest BCUT2D eigenvalue weighted by molar-refractivity contribution is 0.0946. The van der Waals surface area contributed by atoms with Crippen molar-refractivity contribution in [2.75, 3.05) is 11.9 Å². The minimum atomic E-state index is -0.188. The highest BCUT2D eigenvalue weighted by atomic mass is 16.1. The Labute approximate surface area is 147 Å². The molecule has 0 unspecified atom stereocenters. The first-order chi connectivity index (χ1) is 12.2. The van der Waals surface area contributed by atoms with Crippen LogP contribution in [0.5, 0.6) is 0 Å². The summed E-state index contributed by atoms with van der Waals surface area (Å²) in [4.78, 5) is 22.6. The highest BCUT2D eigenvalue weighted by Crippen LogP contribution is 2.16. The lowest BCUT2D eigenvalue weighted by atomic mass is 10.2. The van der Waals surface area contributed by atoms with Gasteiger partial charge in [-0.25, -0.2) is 0 Å². The number of pyridine rings is 2. The normalized spacial score (nSPS) is 10.3. The van der Waals surface area contributed by atoms with Gasteiger partial charge in [-0.3, -0.25) is 14.8 Å². The molecule has 126 valence electrons. The minimum absolute atomic E-state index is 0.188. The molecule has 0 aliphatic heterocycles. The van der Waals surface area contributed by atoms with Crippen LogP contribution < -0.4 is 10.2 Å². The molecule has 25 heavy (non-hydrogen) atoms. The first-order valence-electron chi connectivity index (χ1n) is 8.10. The number of nitrogens with zero attached hydrogens (tertiary/aromatic N) is 3. The van der Waals surface area contributed by atoms with E-state index in [0.29, 0.717) is 12.2 Å². The predicted octanol–water partition coefficient (Wildman–Crippen LogP) is 3.04. The van der Waals surface area contributed by atoms with Crippen molar-refractivity contribution in [2.24, 2.45) is 0 Å². The van der Waals surface area contributed by atoms with Gasteiger partial charge in [-0.1, -0.05) is 30.3 Å². The average Bonchev–Trinajstić information content (AvgIpc) is 2.68. The highest BCUT2D eigenvalue weighted by Gasteiger charge is 2.10. The Hall–Kier alpha value is -3.21. The molecule has 0 saturated carbocycles. The molecular formula is C20H20N4O. The van der Waals surface area contributed by atoms with E-state index in [1.54, 1.807) is 18.6 Å². The quantitative estimate of drug-likeness (QED) is 0.754. The summed E-state index contributed by atoms with van der Waals surface area (Å²) in [6.45, 7) is 1.22. The summed E-state index contributed by atoms with van der Waals surface area (Å²) >= 11 is 0. The van der Waals surface area contributed by atoms with Gasteiger partial charge in [0.25, 0.3) is 5.91 Å². The van der Waals surface area contributed by atoms with Crippen LogP contribution in [0, 0.1) is 0 Å². The summed E-state index contributed by atoms with van der Waals surface area (Å²) in [5.41, 5.74) is 3.57. The van der Waals surface area contributed by atoms with Crippen molar-refractivity contribution >= 4 is 11.6 Å². The zero-order valence-corrected chi connectivity index (χ0v) is 14.1. The van der Waals surface area contributed by atoms with Crippen molar-refractivity contribution in [2.45, 2.75) is 13.1 Å². The van der Waals surface area contributed by atoms with Crippen molar-refractivity contribution < 1.29 is 4.79 Å². The fraction of sp³-hybridized carbons (Fsp3) is 0.150. The third-order valence-electron chi connectivity index (χ3n) is 3.88. The van der Waals surface area contributed by atoms with Gasteiger partial charge < -0.3 is 10.2 Å². The van der Waals surface area contributed by atoms with Crippen LogP contribution in [0.3, 0.4) is 0 Å². The number of nitrogens with one attached hydrogen (secondary N) is 1. The van der Waals surface area contributed by atoms with Crippen LogP contribution in [0.4, 0.5) is 5.69 Å². The van der Waals surface area contributed by atoms with E-state index in [9.17, 15) is 4.79 Å². The maximum atomic E-state index is 12.3. The Morgan fingerprint density at radius 3 is 2.52 bits per heavy atom. The Bertz CT molecular complexity index is 821. The summed E-state index contributed by atoms with van der Waals surface area (Å²) < 4.78 is 0. The van der Waals surface area contributed by atoms with Crippen LogP contribution >= 0.6 is 0 Å². The molecule has 3 rings (SSSR count). The molecule has 2 aromatic heterocycles. The smallest absolute Gasteiger partial charge is 0.270 e. The number of amides is 1. The lowest BCUT2D eigenvalue weighted by Crippen LogP contribution is -2.24. The van der Waals surface area contributed by atoms with E-state index in [-0.39, 0.29) is 5.91 Å². The van der Waals surface area contributed by atoms with E-state index in [2.05, 4.69) is 32.3 Å². The van der Waals surface area contributed by atoms with Gasteiger partial charge in [-0.05, 0) is 35.4 Å². The molecule has 0 spiro atoms. The van der Waals surface area contributed by atoms with E-state index < -0.39 is 0 Å². The molecule has 5 nitrogen and oxygen atoms in total. The standard InChI is InChI=1S/C20H20N4O/c1-24(15-17-5-3-2-4-6-17)18-9-12-22-19(13-18)20(25)23-14-16-7-10-21-11-8-16/h2-13H,14-15H2,1H3,(H,23,25). The number of rotatable bonds is 6. The average molecular weight is 332 g/mol. The van der Waals surface area contributed by atoms with Gasteiger partial charge in [0.15, 0.2) is 0 Å². The second-order valence-electron chi connectivity index (χ2n) is 5.78. The molecule has 1 amide bonds. The highest BCUT2D eigenvalue weighted by molar-refractivity contribution is 5.93. The fourth-order valence-electron chi connectivity index (χ4n) is 2.50. The van der Waals surface area contributed by atoms with E-state index in [0.717, 1.165) is 17.8 Å². The van der Waals surface area contributed by atoms with Gasteiger partial charge in [0, 0.05) is 44.4 Å². The largest absolute Gasteiger partial charge is 0.370 e. The van der Waals surface area contributed by atoms with Crippen molar-refractivity contribution in [3.63, 3.8) is 0 Å². The van der Waals surface area contributed by atoms with Gasteiger partial charge in [0.05, 0.1) is 0 Å². The molecule has 2 heterocycles. The van der Waals surface area contributed by atoms with E-state index in [4.69, 9.17) is 0 Å². The molecule has 5 heteroatoms. The predicted molar refractivity (Wildman–Crippen MR) is 98.2 cm³/mol. The molecule has 0 aliphatic carbocycles. The summed E-state index contributed by atoms with van der Waals surface area (Å²) in [5, 5.41) is 2.88. The van der Waals surface area contributed by atoms with Crippen molar-refractivity contribution in [1.29, 1.82) is 0 Å². The van der Waals surface area contributed by atoms with E-state index >= 15 is 0 Å². The lowest BCUT2D eigenvalue weighted by Gasteiger charge is -2.19. The van der Waals surface area contributed by atoms with Gasteiger partial charge in [-0.2, -0.15) is 0 Å². The van der Waals surface area contributed by atoms with Crippen LogP contribution in [-0.4, -0.2) is 22.9 Å². The zero-order valence-electron chi connectivity index (χ0n) is 14.1. The van der Waals surface area contributed by atoms with E-state index in [1.165, 1.54) is 5.56 Å². The SMILES string of the molecule is CN(Cc1ccccc1)c1ccnc(C(=O)NCc2ccncc2)c1. The second kappa shape index (κ2) is 8.06. The summed E-state index contributed by atoms with van der Waals surface area (Å²) in [5.74, 6) is -0.188. The monoisotopic (exact) mass is 332 g/mol. The fourth-order valence-corrected chi connectivity index (χ4v) is 2.50. The number of hydrogen-bond donors (Lipinski definition) is 1. The zero-order chi connectivity index (χ0) is 17.5. The molecule has 0 saturated heterocycles. The molecule has 3 aromatic rings. The number of hydrogen-bond acceptors (Lipinski definition) is 4. The van der Waals surface area contributed by atoms with Gasteiger partial charge in [-0.15, -0.1) is 0 Å².